The Morgan fingerprint density at radius 2 is 2.00 bits per heavy atom. The van der Waals surface area contributed by atoms with E-state index in [0.717, 1.165) is 22.0 Å². The molecule has 3 rings (SSSR count). The smallest absolute Gasteiger partial charge is 0.220 e. The van der Waals surface area contributed by atoms with Gasteiger partial charge in [-0.25, -0.2) is 4.39 Å². The van der Waals surface area contributed by atoms with Crippen LogP contribution in [0.5, 0.6) is 0 Å². The van der Waals surface area contributed by atoms with Crippen molar-refractivity contribution in [1.82, 2.24) is 10.3 Å². The van der Waals surface area contributed by atoms with E-state index >= 15 is 0 Å². The van der Waals surface area contributed by atoms with E-state index < -0.39 is 0 Å². The summed E-state index contributed by atoms with van der Waals surface area (Å²) in [6, 6.07) is 14.4. The second-order valence-corrected chi connectivity index (χ2v) is 5.31. The van der Waals surface area contributed by atoms with Crippen molar-refractivity contribution in [2.24, 2.45) is 0 Å². The molecule has 0 spiro atoms. The third kappa shape index (κ3) is 3.52. The molecule has 3 nitrogen and oxygen atoms in total. The number of nitrogens with one attached hydrogen (secondary N) is 2. The van der Waals surface area contributed by atoms with Crippen LogP contribution in [0.4, 0.5) is 4.39 Å². The van der Waals surface area contributed by atoms with E-state index in [9.17, 15) is 9.18 Å². The molecule has 1 aromatic heterocycles. The molecule has 3 aromatic rings. The predicted molar refractivity (Wildman–Crippen MR) is 84.9 cm³/mol. The second-order valence-electron chi connectivity index (χ2n) is 5.31. The van der Waals surface area contributed by atoms with Gasteiger partial charge in [0.25, 0.3) is 0 Å². The molecule has 0 fully saturated rings. The summed E-state index contributed by atoms with van der Waals surface area (Å²) in [5.41, 5.74) is 2.99. The zero-order chi connectivity index (χ0) is 15.4. The van der Waals surface area contributed by atoms with Crippen molar-refractivity contribution >= 4 is 16.8 Å². The van der Waals surface area contributed by atoms with Gasteiger partial charge in [0.1, 0.15) is 5.82 Å². The standard InChI is InChI=1S/C18H17FN2O/c19-16-3-1-2-14(11-16)12-21-18(22)7-5-13-4-6-17-15(10-13)8-9-20-17/h1-4,6,8-11,20H,5,7,12H2,(H,21,22). The van der Waals surface area contributed by atoms with Gasteiger partial charge < -0.3 is 10.3 Å². The normalized spacial score (nSPS) is 10.8. The molecule has 0 aliphatic carbocycles. The number of halogens is 1. The van der Waals surface area contributed by atoms with Crippen molar-refractivity contribution in [3.8, 4) is 0 Å². The van der Waals surface area contributed by atoms with Gasteiger partial charge in [-0.05, 0) is 53.3 Å². The Hall–Kier alpha value is -2.62. The Labute approximate surface area is 128 Å². The molecule has 0 atom stereocenters. The maximum absolute atomic E-state index is 13.0. The topological polar surface area (TPSA) is 44.9 Å². The third-order valence-corrected chi connectivity index (χ3v) is 3.64. The number of aromatic nitrogens is 1. The molecule has 1 amide bonds. The van der Waals surface area contributed by atoms with E-state index in [4.69, 9.17) is 0 Å². The average molecular weight is 296 g/mol. The minimum absolute atomic E-state index is 0.0292. The quantitative estimate of drug-likeness (QED) is 0.743. The van der Waals surface area contributed by atoms with Crippen LogP contribution in [0.15, 0.2) is 54.7 Å². The van der Waals surface area contributed by atoms with Gasteiger partial charge in [0.2, 0.25) is 5.91 Å². The van der Waals surface area contributed by atoms with Gasteiger partial charge in [-0.2, -0.15) is 0 Å². The molecule has 0 saturated carbocycles. The van der Waals surface area contributed by atoms with Crippen molar-refractivity contribution in [3.05, 3.63) is 71.7 Å². The van der Waals surface area contributed by atoms with Gasteiger partial charge in [-0.1, -0.05) is 18.2 Å². The molecule has 2 aromatic carbocycles. The third-order valence-electron chi connectivity index (χ3n) is 3.64. The predicted octanol–water partition coefficient (Wildman–Crippen LogP) is 3.56. The fraction of sp³-hybridized carbons (Fsp3) is 0.167. The van der Waals surface area contributed by atoms with Crippen LogP contribution in [0, 0.1) is 5.82 Å². The Morgan fingerprint density at radius 1 is 1.09 bits per heavy atom. The number of carbonyl (C=O) groups is 1. The first-order valence-electron chi connectivity index (χ1n) is 7.28. The van der Waals surface area contributed by atoms with Crippen LogP contribution in [0.25, 0.3) is 10.9 Å². The number of benzene rings is 2. The fourth-order valence-corrected chi connectivity index (χ4v) is 2.45. The number of fused-ring (bicyclic) bond motifs is 1. The van der Waals surface area contributed by atoms with Gasteiger partial charge >= 0.3 is 0 Å². The van der Waals surface area contributed by atoms with Gasteiger partial charge in [-0.3, -0.25) is 4.79 Å². The van der Waals surface area contributed by atoms with Gasteiger partial charge in [0.05, 0.1) is 0 Å². The minimum Gasteiger partial charge on any atom is -0.361 e. The number of hydrogen-bond acceptors (Lipinski definition) is 1. The molecule has 0 aliphatic rings. The summed E-state index contributed by atoms with van der Waals surface area (Å²) in [5, 5.41) is 3.97. The maximum atomic E-state index is 13.0. The number of hydrogen-bond donors (Lipinski definition) is 2. The van der Waals surface area contributed by atoms with E-state index in [1.54, 1.807) is 12.1 Å². The van der Waals surface area contributed by atoms with Crippen molar-refractivity contribution < 1.29 is 9.18 Å². The van der Waals surface area contributed by atoms with Gasteiger partial charge in [0.15, 0.2) is 0 Å². The van der Waals surface area contributed by atoms with Crippen LogP contribution in [0.2, 0.25) is 0 Å². The number of carbonyl (C=O) groups excluding carboxylic acids is 1. The molecule has 2 N–H and O–H groups in total. The van der Waals surface area contributed by atoms with Crippen molar-refractivity contribution in [1.29, 1.82) is 0 Å². The highest BCUT2D eigenvalue weighted by molar-refractivity contribution is 5.80. The van der Waals surface area contributed by atoms with Crippen molar-refractivity contribution in [3.63, 3.8) is 0 Å². The molecule has 0 saturated heterocycles. The first kappa shape index (κ1) is 14.3. The van der Waals surface area contributed by atoms with Crippen molar-refractivity contribution in [2.75, 3.05) is 0 Å². The fourth-order valence-electron chi connectivity index (χ4n) is 2.45. The van der Waals surface area contributed by atoms with E-state index in [1.807, 2.05) is 24.4 Å². The summed E-state index contributed by atoms with van der Waals surface area (Å²) in [5.74, 6) is -0.315. The van der Waals surface area contributed by atoms with Crippen LogP contribution < -0.4 is 5.32 Å². The van der Waals surface area contributed by atoms with Gasteiger partial charge in [0, 0.05) is 24.7 Å². The molecule has 0 aliphatic heterocycles. The molecule has 0 bridgehead atoms. The van der Waals surface area contributed by atoms with Gasteiger partial charge in [-0.15, -0.1) is 0 Å². The largest absolute Gasteiger partial charge is 0.361 e. The zero-order valence-corrected chi connectivity index (χ0v) is 12.1. The second kappa shape index (κ2) is 6.43. The van der Waals surface area contributed by atoms with E-state index in [2.05, 4.69) is 16.4 Å². The highest BCUT2D eigenvalue weighted by Gasteiger charge is 2.04. The monoisotopic (exact) mass is 296 g/mol. The Bertz CT molecular complexity index is 794. The van der Waals surface area contributed by atoms with Crippen LogP contribution in [0.1, 0.15) is 17.5 Å². The van der Waals surface area contributed by atoms with Crippen LogP contribution in [0.3, 0.4) is 0 Å². The minimum atomic E-state index is -0.286. The number of rotatable bonds is 5. The summed E-state index contributed by atoms with van der Waals surface area (Å²) < 4.78 is 13.0. The lowest BCUT2D eigenvalue weighted by Crippen LogP contribution is -2.23. The van der Waals surface area contributed by atoms with E-state index in [1.165, 1.54) is 12.1 Å². The lowest BCUT2D eigenvalue weighted by Gasteiger charge is -2.06. The molecule has 1 heterocycles. The Kier molecular flexibility index (Phi) is 4.19. The molecule has 0 unspecified atom stereocenters. The van der Waals surface area contributed by atoms with Crippen molar-refractivity contribution in [2.45, 2.75) is 19.4 Å². The molecular formula is C18H17FN2O. The summed E-state index contributed by atoms with van der Waals surface area (Å²) in [6.45, 7) is 0.355. The lowest BCUT2D eigenvalue weighted by molar-refractivity contribution is -0.121. The van der Waals surface area contributed by atoms with Crippen LogP contribution in [-0.4, -0.2) is 10.9 Å². The first-order chi connectivity index (χ1) is 10.7. The van der Waals surface area contributed by atoms with Crippen LogP contribution in [-0.2, 0) is 17.8 Å². The first-order valence-corrected chi connectivity index (χ1v) is 7.28. The summed E-state index contributed by atoms with van der Waals surface area (Å²) in [6.07, 6.45) is 3.02. The Balaban J connectivity index is 1.51. The average Bonchev–Trinajstić information content (AvgIpc) is 2.98. The number of aryl methyl sites for hydroxylation is 1. The molecule has 0 radical (unpaired) electrons. The SMILES string of the molecule is O=C(CCc1ccc2[nH]ccc2c1)NCc1cccc(F)c1. The van der Waals surface area contributed by atoms with Crippen LogP contribution >= 0.6 is 0 Å². The summed E-state index contributed by atoms with van der Waals surface area (Å²) in [4.78, 5) is 15.0. The lowest BCUT2D eigenvalue weighted by atomic mass is 10.1. The summed E-state index contributed by atoms with van der Waals surface area (Å²) >= 11 is 0. The number of amides is 1. The molecule has 112 valence electrons. The maximum Gasteiger partial charge on any atom is 0.220 e. The van der Waals surface area contributed by atoms with E-state index in [0.29, 0.717) is 19.4 Å². The summed E-state index contributed by atoms with van der Waals surface area (Å²) in [7, 11) is 0. The number of H-pyrrole nitrogens is 1. The number of aromatic amines is 1. The molecular weight excluding hydrogens is 279 g/mol. The Morgan fingerprint density at radius 3 is 2.86 bits per heavy atom. The molecule has 22 heavy (non-hydrogen) atoms. The highest BCUT2D eigenvalue weighted by Crippen LogP contribution is 2.15. The zero-order valence-electron chi connectivity index (χ0n) is 12.1. The van der Waals surface area contributed by atoms with E-state index in [-0.39, 0.29) is 11.7 Å². The molecule has 4 heteroatoms. The highest BCUT2D eigenvalue weighted by atomic mass is 19.1.